The van der Waals surface area contributed by atoms with Gasteiger partial charge in [-0.05, 0) is 42.8 Å². The van der Waals surface area contributed by atoms with Gasteiger partial charge in [0, 0.05) is 10.6 Å². The van der Waals surface area contributed by atoms with E-state index < -0.39 is 11.8 Å². The zero-order valence-corrected chi connectivity index (χ0v) is 18.2. The molecule has 0 saturated heterocycles. The fourth-order valence-electron chi connectivity index (χ4n) is 3.05. The van der Waals surface area contributed by atoms with Crippen LogP contribution in [0, 0.1) is 6.92 Å². The van der Waals surface area contributed by atoms with Gasteiger partial charge in [0.1, 0.15) is 10.6 Å². The highest BCUT2D eigenvalue weighted by molar-refractivity contribution is 8.04. The normalized spacial score (nSPS) is 13.9. The number of thioether (sulfide) groups is 1. The molecule has 1 aliphatic rings. The number of carbonyl (C=O) groups excluding carboxylic acids is 2. The number of para-hydroxylation sites is 1. The van der Waals surface area contributed by atoms with Crippen LogP contribution < -0.4 is 10.2 Å². The first-order valence-electron chi connectivity index (χ1n) is 9.10. The van der Waals surface area contributed by atoms with Crippen LogP contribution in [0.5, 0.6) is 0 Å². The van der Waals surface area contributed by atoms with Crippen LogP contribution in [0.1, 0.15) is 5.56 Å². The molecule has 0 aliphatic carbocycles. The highest BCUT2D eigenvalue weighted by atomic mass is 35.5. The summed E-state index contributed by atoms with van der Waals surface area (Å²) in [5.74, 6) is -0.931. The van der Waals surface area contributed by atoms with Crippen molar-refractivity contribution in [1.29, 1.82) is 0 Å². The number of carbonyl (C=O) groups is 2. The lowest BCUT2D eigenvalue weighted by Gasteiger charge is -2.17. The average Bonchev–Trinajstić information content (AvgIpc) is 2.96. The van der Waals surface area contributed by atoms with Crippen molar-refractivity contribution in [2.75, 3.05) is 10.2 Å². The van der Waals surface area contributed by atoms with Gasteiger partial charge in [-0.25, -0.2) is 4.90 Å². The molecule has 150 valence electrons. The van der Waals surface area contributed by atoms with Crippen molar-refractivity contribution in [2.24, 2.45) is 0 Å². The lowest BCUT2D eigenvalue weighted by atomic mass is 10.2. The lowest BCUT2D eigenvalue weighted by molar-refractivity contribution is -0.120. The number of hydrogen-bond acceptors (Lipinski definition) is 4. The summed E-state index contributed by atoms with van der Waals surface area (Å²) in [6.45, 7) is 1.93. The summed E-state index contributed by atoms with van der Waals surface area (Å²) in [5.41, 5.74) is 2.17. The van der Waals surface area contributed by atoms with Gasteiger partial charge in [0.2, 0.25) is 0 Å². The first kappa shape index (κ1) is 20.5. The maximum atomic E-state index is 13.4. The fraction of sp³-hybridized carbons (Fsp3) is 0.0435. The second-order valence-electron chi connectivity index (χ2n) is 6.58. The van der Waals surface area contributed by atoms with Gasteiger partial charge in [0.15, 0.2) is 0 Å². The van der Waals surface area contributed by atoms with Crippen molar-refractivity contribution in [2.45, 2.75) is 11.8 Å². The molecule has 1 aliphatic heterocycles. The molecule has 0 fully saturated rings. The van der Waals surface area contributed by atoms with Crippen molar-refractivity contribution in [3.8, 4) is 0 Å². The zero-order chi connectivity index (χ0) is 21.3. The molecular weight excluding hydrogens is 439 g/mol. The number of nitrogens with zero attached hydrogens (tertiary/aromatic N) is 1. The summed E-state index contributed by atoms with van der Waals surface area (Å²) in [4.78, 5) is 28.9. The van der Waals surface area contributed by atoms with Crippen molar-refractivity contribution in [3.63, 3.8) is 0 Å². The maximum absolute atomic E-state index is 13.4. The number of benzene rings is 3. The molecule has 0 atom stereocenters. The van der Waals surface area contributed by atoms with Gasteiger partial charge >= 0.3 is 0 Å². The van der Waals surface area contributed by atoms with Gasteiger partial charge in [0.25, 0.3) is 11.8 Å². The quantitative estimate of drug-likeness (QED) is 0.460. The number of rotatable bonds is 5. The summed E-state index contributed by atoms with van der Waals surface area (Å²) < 4.78 is 0. The topological polar surface area (TPSA) is 49.4 Å². The monoisotopic (exact) mass is 454 g/mol. The molecule has 4 rings (SSSR count). The lowest BCUT2D eigenvalue weighted by Crippen LogP contribution is -2.32. The van der Waals surface area contributed by atoms with Crippen LogP contribution in [0.4, 0.5) is 11.4 Å². The Bertz CT molecular complexity index is 1180. The van der Waals surface area contributed by atoms with Crippen LogP contribution in [0.25, 0.3) is 0 Å². The Kier molecular flexibility index (Phi) is 5.86. The first-order valence-corrected chi connectivity index (χ1v) is 10.7. The Morgan fingerprint density at radius 3 is 2.27 bits per heavy atom. The summed E-state index contributed by atoms with van der Waals surface area (Å²) in [5, 5.41) is 3.59. The Morgan fingerprint density at radius 2 is 1.53 bits per heavy atom. The molecule has 1 heterocycles. The molecule has 0 unspecified atom stereocenters. The van der Waals surface area contributed by atoms with Crippen LogP contribution >= 0.6 is 35.0 Å². The molecule has 3 aromatic carbocycles. The molecule has 2 amide bonds. The van der Waals surface area contributed by atoms with Gasteiger partial charge < -0.3 is 5.32 Å². The smallest absolute Gasteiger partial charge is 0.283 e. The Morgan fingerprint density at radius 1 is 0.833 bits per heavy atom. The molecule has 0 saturated carbocycles. The predicted molar refractivity (Wildman–Crippen MR) is 123 cm³/mol. The van der Waals surface area contributed by atoms with Crippen LogP contribution in [0.15, 0.2) is 88.3 Å². The number of nitrogens with one attached hydrogen (secondary N) is 1. The minimum atomic E-state index is -0.481. The molecular formula is C23H16Cl2N2O2S. The van der Waals surface area contributed by atoms with Crippen LogP contribution in [-0.4, -0.2) is 11.8 Å². The molecule has 0 aromatic heterocycles. The number of hydrogen-bond donors (Lipinski definition) is 1. The SMILES string of the molecule is Cc1ccccc1NC1=C(Sc2ccccc2)C(=O)N(c2cccc(Cl)c2Cl)C1=O. The minimum Gasteiger partial charge on any atom is -0.350 e. The van der Waals surface area contributed by atoms with Crippen LogP contribution in [0.3, 0.4) is 0 Å². The third-order valence-corrected chi connectivity index (χ3v) is 6.48. The van der Waals surface area contributed by atoms with Gasteiger partial charge in [-0.2, -0.15) is 0 Å². The molecule has 0 spiro atoms. The molecule has 7 heteroatoms. The van der Waals surface area contributed by atoms with E-state index in [1.165, 1.54) is 11.8 Å². The van der Waals surface area contributed by atoms with E-state index in [2.05, 4.69) is 5.32 Å². The van der Waals surface area contributed by atoms with Crippen molar-refractivity contribution in [1.82, 2.24) is 0 Å². The van der Waals surface area contributed by atoms with E-state index in [1.807, 2.05) is 61.5 Å². The minimum absolute atomic E-state index is 0.155. The van der Waals surface area contributed by atoms with E-state index in [9.17, 15) is 9.59 Å². The number of amides is 2. The zero-order valence-electron chi connectivity index (χ0n) is 15.9. The molecule has 0 radical (unpaired) electrons. The Balaban J connectivity index is 1.80. The number of aryl methyl sites for hydroxylation is 1. The number of imide groups is 1. The van der Waals surface area contributed by atoms with Crippen molar-refractivity contribution in [3.05, 3.63) is 99.0 Å². The van der Waals surface area contributed by atoms with Crippen molar-refractivity contribution < 1.29 is 9.59 Å². The fourth-order valence-corrected chi connectivity index (χ4v) is 4.38. The van der Waals surface area contributed by atoms with E-state index in [1.54, 1.807) is 18.2 Å². The Hall–Kier alpha value is -2.73. The highest BCUT2D eigenvalue weighted by Gasteiger charge is 2.41. The van der Waals surface area contributed by atoms with Gasteiger partial charge in [-0.1, -0.05) is 77.4 Å². The third kappa shape index (κ3) is 3.84. The molecule has 1 N–H and O–H groups in total. The van der Waals surface area contributed by atoms with Gasteiger partial charge in [0.05, 0.1) is 15.7 Å². The van der Waals surface area contributed by atoms with E-state index in [-0.39, 0.29) is 21.4 Å². The molecule has 3 aromatic rings. The molecule has 4 nitrogen and oxygen atoms in total. The maximum Gasteiger partial charge on any atom is 0.283 e. The van der Waals surface area contributed by atoms with E-state index in [4.69, 9.17) is 23.2 Å². The van der Waals surface area contributed by atoms with E-state index in [0.29, 0.717) is 4.91 Å². The molecule has 0 bridgehead atoms. The predicted octanol–water partition coefficient (Wildman–Crippen LogP) is 6.29. The largest absolute Gasteiger partial charge is 0.350 e. The van der Waals surface area contributed by atoms with E-state index >= 15 is 0 Å². The number of anilines is 2. The van der Waals surface area contributed by atoms with Crippen LogP contribution in [0.2, 0.25) is 10.0 Å². The van der Waals surface area contributed by atoms with Crippen LogP contribution in [-0.2, 0) is 9.59 Å². The van der Waals surface area contributed by atoms with Crippen molar-refractivity contribution >= 4 is 58.2 Å². The molecule has 30 heavy (non-hydrogen) atoms. The van der Waals surface area contributed by atoms with Gasteiger partial charge in [-0.15, -0.1) is 0 Å². The second kappa shape index (κ2) is 8.56. The first-order chi connectivity index (χ1) is 14.5. The van der Waals surface area contributed by atoms with E-state index in [0.717, 1.165) is 21.0 Å². The average molecular weight is 455 g/mol. The Labute approximate surface area is 188 Å². The highest BCUT2D eigenvalue weighted by Crippen LogP contribution is 2.41. The summed E-state index contributed by atoms with van der Waals surface area (Å²) in [7, 11) is 0. The number of halogens is 2. The summed E-state index contributed by atoms with van der Waals surface area (Å²) in [6.07, 6.45) is 0. The summed E-state index contributed by atoms with van der Waals surface area (Å²) in [6, 6.07) is 21.9. The second-order valence-corrected chi connectivity index (χ2v) is 8.45. The summed E-state index contributed by atoms with van der Waals surface area (Å²) >= 11 is 13.7. The third-order valence-electron chi connectivity index (χ3n) is 4.58. The van der Waals surface area contributed by atoms with Gasteiger partial charge in [-0.3, -0.25) is 9.59 Å². The standard InChI is InChI=1S/C23H16Cl2N2O2S/c1-14-8-5-6-12-17(14)26-20-21(30-15-9-3-2-4-10-15)23(29)27(22(20)28)18-13-7-11-16(24)19(18)25/h2-13,26H,1H3.